The quantitative estimate of drug-likeness (QED) is 0.351. The Morgan fingerprint density at radius 1 is 0.923 bits per heavy atom. The summed E-state index contributed by atoms with van der Waals surface area (Å²) in [6, 6.07) is 1.74. The van der Waals surface area contributed by atoms with Gasteiger partial charge in [-0.15, -0.1) is 0 Å². The molecule has 13 heavy (non-hydrogen) atoms. The number of aromatic hydroxyl groups is 3. The fourth-order valence-electron chi connectivity index (χ4n) is 0.754. The lowest BCUT2D eigenvalue weighted by Crippen LogP contribution is -1.88. The van der Waals surface area contributed by atoms with Gasteiger partial charge in [0.15, 0.2) is 17.2 Å². The molecule has 0 unspecified atom stereocenters. The van der Waals surface area contributed by atoms with Crippen LogP contribution in [0.4, 0.5) is 0 Å². The molecule has 0 fully saturated rings. The Kier molecular flexibility index (Phi) is 3.07. The van der Waals surface area contributed by atoms with E-state index in [1.165, 1.54) is 0 Å². The highest BCUT2D eigenvalue weighted by molar-refractivity contribution is 14.1. The third-order valence-corrected chi connectivity index (χ3v) is 3.49. The summed E-state index contributed by atoms with van der Waals surface area (Å²) in [6.45, 7) is 0. The Hall–Kier alpha value is -0.430. The summed E-state index contributed by atoms with van der Waals surface area (Å²) in [4.78, 5) is 0. The molecule has 0 spiro atoms. The van der Waals surface area contributed by atoms with Gasteiger partial charge in [0.05, 0.1) is 3.57 Å². The molecule has 1 aromatic carbocycles. The lowest BCUT2D eigenvalue weighted by molar-refractivity contribution is 0.389. The second kappa shape index (κ2) is 3.75. The number of hydrogen-bond donors (Lipinski definition) is 3. The molecule has 68 valence electrons. The molecule has 1 aromatic rings. The summed E-state index contributed by atoms with van der Waals surface area (Å²) in [5.41, 5.74) is -0.0275. The molecule has 0 atom stereocenters. The number of halogens is 2. The fourth-order valence-corrected chi connectivity index (χ4v) is 1.91. The maximum atomic E-state index is 9.38. The van der Waals surface area contributed by atoms with Crippen molar-refractivity contribution < 1.29 is 15.3 Å². The summed E-state index contributed by atoms with van der Waals surface area (Å²) in [5.74, 6) is -1.08. The SMILES string of the molecule is N#Cc1c(O)c(I)c(O)c(O)c1I. The van der Waals surface area contributed by atoms with Crippen LogP contribution < -0.4 is 0 Å². The zero-order valence-corrected chi connectivity index (χ0v) is 10.4. The summed E-state index contributed by atoms with van der Waals surface area (Å²) in [6.07, 6.45) is 0. The van der Waals surface area contributed by atoms with Crippen LogP contribution >= 0.6 is 45.2 Å². The van der Waals surface area contributed by atoms with Crippen LogP contribution in [0.25, 0.3) is 0 Å². The van der Waals surface area contributed by atoms with Crippen LogP contribution in [0.2, 0.25) is 0 Å². The highest BCUT2D eigenvalue weighted by atomic mass is 127. The second-order valence-electron chi connectivity index (χ2n) is 2.16. The van der Waals surface area contributed by atoms with Gasteiger partial charge < -0.3 is 15.3 Å². The van der Waals surface area contributed by atoms with Crippen LogP contribution in [0, 0.1) is 18.5 Å². The van der Waals surface area contributed by atoms with Crippen molar-refractivity contribution >= 4 is 45.2 Å². The molecule has 0 amide bonds. The van der Waals surface area contributed by atoms with Gasteiger partial charge in [-0.25, -0.2) is 0 Å². The van der Waals surface area contributed by atoms with Crippen LogP contribution in [-0.2, 0) is 0 Å². The molecular formula is C7H3I2NO3. The number of phenolic OH excluding ortho intramolecular Hbond substituents is 3. The van der Waals surface area contributed by atoms with Crippen LogP contribution in [-0.4, -0.2) is 15.3 Å². The molecule has 4 nitrogen and oxygen atoms in total. The van der Waals surface area contributed by atoms with E-state index in [0.717, 1.165) is 0 Å². The lowest BCUT2D eigenvalue weighted by Gasteiger charge is -2.07. The zero-order chi connectivity index (χ0) is 10.2. The highest BCUT2D eigenvalue weighted by Crippen LogP contribution is 2.42. The maximum Gasteiger partial charge on any atom is 0.176 e. The van der Waals surface area contributed by atoms with E-state index in [9.17, 15) is 15.3 Å². The third kappa shape index (κ3) is 1.62. The van der Waals surface area contributed by atoms with Gasteiger partial charge in [0.2, 0.25) is 0 Å². The van der Waals surface area contributed by atoms with E-state index in [-0.39, 0.29) is 24.2 Å². The first kappa shape index (κ1) is 10.6. The molecule has 0 aliphatic rings. The zero-order valence-electron chi connectivity index (χ0n) is 6.04. The van der Waals surface area contributed by atoms with Gasteiger partial charge >= 0.3 is 0 Å². The van der Waals surface area contributed by atoms with Crippen molar-refractivity contribution in [2.45, 2.75) is 0 Å². The number of nitriles is 1. The van der Waals surface area contributed by atoms with Gasteiger partial charge in [0, 0.05) is 0 Å². The van der Waals surface area contributed by atoms with E-state index in [1.807, 2.05) is 0 Å². The molecule has 0 saturated heterocycles. The van der Waals surface area contributed by atoms with Crippen molar-refractivity contribution in [1.29, 1.82) is 5.26 Å². The number of nitrogens with zero attached hydrogens (tertiary/aromatic N) is 1. The second-order valence-corrected chi connectivity index (χ2v) is 4.32. The normalized spacial score (nSPS) is 9.62. The van der Waals surface area contributed by atoms with Crippen molar-refractivity contribution in [1.82, 2.24) is 0 Å². The van der Waals surface area contributed by atoms with Crippen molar-refractivity contribution in [2.75, 3.05) is 0 Å². The average Bonchev–Trinajstić information content (AvgIpc) is 2.13. The maximum absolute atomic E-state index is 9.38. The van der Waals surface area contributed by atoms with Gasteiger partial charge in [-0.1, -0.05) is 0 Å². The van der Waals surface area contributed by atoms with Crippen LogP contribution in [0.3, 0.4) is 0 Å². The summed E-state index contributed by atoms with van der Waals surface area (Å²) >= 11 is 3.32. The highest BCUT2D eigenvalue weighted by Gasteiger charge is 2.19. The summed E-state index contributed by atoms with van der Waals surface area (Å²) < 4.78 is 0.225. The van der Waals surface area contributed by atoms with Crippen molar-refractivity contribution in [3.8, 4) is 23.3 Å². The Balaban J connectivity index is 3.69. The molecule has 1 rings (SSSR count). The molecule has 0 aromatic heterocycles. The molecule has 0 heterocycles. The third-order valence-electron chi connectivity index (χ3n) is 1.42. The van der Waals surface area contributed by atoms with E-state index in [4.69, 9.17) is 5.26 Å². The predicted octanol–water partition coefficient (Wildman–Crippen LogP) is 1.88. The minimum atomic E-state index is -0.401. The number of phenols is 3. The molecule has 0 aliphatic heterocycles. The molecule has 6 heteroatoms. The molecular weight excluding hydrogens is 400 g/mol. The topological polar surface area (TPSA) is 84.5 Å². The number of hydrogen-bond acceptors (Lipinski definition) is 4. The first-order valence-corrected chi connectivity index (χ1v) is 5.18. The average molecular weight is 403 g/mol. The predicted molar refractivity (Wildman–Crippen MR) is 61.6 cm³/mol. The number of rotatable bonds is 0. The van der Waals surface area contributed by atoms with E-state index < -0.39 is 5.75 Å². The Morgan fingerprint density at radius 3 is 1.85 bits per heavy atom. The van der Waals surface area contributed by atoms with Crippen molar-refractivity contribution in [3.63, 3.8) is 0 Å². The van der Waals surface area contributed by atoms with Crippen LogP contribution in [0.5, 0.6) is 17.2 Å². The van der Waals surface area contributed by atoms with E-state index in [0.29, 0.717) is 0 Å². The molecule has 0 radical (unpaired) electrons. The Labute approximate surface area is 101 Å². The van der Waals surface area contributed by atoms with Gasteiger partial charge in [0.25, 0.3) is 0 Å². The Bertz CT molecular complexity index is 382. The largest absolute Gasteiger partial charge is 0.505 e. The van der Waals surface area contributed by atoms with Gasteiger partial charge in [-0.3, -0.25) is 0 Å². The first-order chi connectivity index (χ1) is 6.00. The summed E-state index contributed by atoms with van der Waals surface area (Å²) in [5, 5.41) is 36.6. The molecule has 0 bridgehead atoms. The minimum absolute atomic E-state index is 0.0275. The van der Waals surface area contributed by atoms with E-state index in [1.54, 1.807) is 51.3 Å². The smallest absolute Gasteiger partial charge is 0.176 e. The van der Waals surface area contributed by atoms with Crippen LogP contribution in [0.1, 0.15) is 5.56 Å². The Morgan fingerprint density at radius 2 is 1.38 bits per heavy atom. The van der Waals surface area contributed by atoms with Crippen LogP contribution in [0.15, 0.2) is 0 Å². The van der Waals surface area contributed by atoms with Gasteiger partial charge in [-0.05, 0) is 45.2 Å². The monoisotopic (exact) mass is 403 g/mol. The lowest BCUT2D eigenvalue weighted by atomic mass is 10.2. The van der Waals surface area contributed by atoms with Crippen molar-refractivity contribution in [3.05, 3.63) is 12.7 Å². The van der Waals surface area contributed by atoms with E-state index in [2.05, 4.69) is 0 Å². The van der Waals surface area contributed by atoms with E-state index >= 15 is 0 Å². The standard InChI is InChI=1S/C7H3I2NO3/c8-3-2(1-10)5(11)4(9)7(13)6(3)12/h11-13H. The fraction of sp³-hybridized carbons (Fsp3) is 0. The molecule has 3 N–H and O–H groups in total. The van der Waals surface area contributed by atoms with Gasteiger partial charge in [-0.2, -0.15) is 5.26 Å². The summed E-state index contributed by atoms with van der Waals surface area (Å²) in [7, 11) is 0. The number of benzene rings is 1. The minimum Gasteiger partial charge on any atom is -0.505 e. The molecule has 0 aliphatic carbocycles. The van der Waals surface area contributed by atoms with Crippen molar-refractivity contribution in [2.24, 2.45) is 0 Å². The first-order valence-electron chi connectivity index (χ1n) is 3.02. The van der Waals surface area contributed by atoms with Gasteiger partial charge in [0.1, 0.15) is 15.2 Å². The molecule has 0 saturated carbocycles.